The lowest BCUT2D eigenvalue weighted by Crippen LogP contribution is -2.14. The quantitative estimate of drug-likeness (QED) is 0.388. The largest absolute Gasteiger partial charge is 0.369 e. The van der Waals surface area contributed by atoms with Crippen molar-refractivity contribution in [3.63, 3.8) is 0 Å². The second-order valence-electron chi connectivity index (χ2n) is 6.58. The van der Waals surface area contributed by atoms with Gasteiger partial charge in [-0.15, -0.1) is 0 Å². The van der Waals surface area contributed by atoms with Gasteiger partial charge in [-0.2, -0.15) is 0 Å². The van der Waals surface area contributed by atoms with Gasteiger partial charge in [-0.3, -0.25) is 9.13 Å². The SMILES string of the molecule is CCC=C(P(=O)(OC(C)C)OC(C)C)P(=O)(OC(C)C)OC(C)C. The Bertz CT molecular complexity index is 429. The summed E-state index contributed by atoms with van der Waals surface area (Å²) in [6, 6.07) is 0. The molecule has 8 heteroatoms. The summed E-state index contributed by atoms with van der Waals surface area (Å²) in [7, 11) is -7.69. The molecule has 0 radical (unpaired) electrons. The van der Waals surface area contributed by atoms with E-state index in [1.54, 1.807) is 61.5 Å². The van der Waals surface area contributed by atoms with Crippen LogP contribution in [0.15, 0.2) is 11.1 Å². The van der Waals surface area contributed by atoms with Crippen LogP contribution in [0.2, 0.25) is 0 Å². The van der Waals surface area contributed by atoms with Crippen molar-refractivity contribution in [2.24, 2.45) is 0 Å². The summed E-state index contributed by atoms with van der Waals surface area (Å²) in [4.78, 5) is 0. The lowest BCUT2D eigenvalue weighted by molar-refractivity contribution is 0.137. The second kappa shape index (κ2) is 10.3. The van der Waals surface area contributed by atoms with Crippen LogP contribution in [-0.4, -0.2) is 24.4 Å². The zero-order chi connectivity index (χ0) is 19.1. The van der Waals surface area contributed by atoms with E-state index >= 15 is 0 Å². The molecule has 0 aromatic heterocycles. The van der Waals surface area contributed by atoms with Gasteiger partial charge in [0.15, 0.2) is 0 Å². The Labute approximate surface area is 147 Å². The molecule has 0 aromatic carbocycles. The van der Waals surface area contributed by atoms with Crippen LogP contribution in [0.25, 0.3) is 0 Å². The molecular weight excluding hydrogens is 350 g/mol. The smallest absolute Gasteiger partial charge is 0.302 e. The summed E-state index contributed by atoms with van der Waals surface area (Å²) in [6.07, 6.45) is 0.581. The van der Waals surface area contributed by atoms with E-state index in [1.807, 2.05) is 6.92 Å². The van der Waals surface area contributed by atoms with Gasteiger partial charge in [0.2, 0.25) is 0 Å². The van der Waals surface area contributed by atoms with Crippen LogP contribution in [0.4, 0.5) is 0 Å². The molecule has 144 valence electrons. The first kappa shape index (κ1) is 24.0. The highest BCUT2D eigenvalue weighted by atomic mass is 31.2. The summed E-state index contributed by atoms with van der Waals surface area (Å²) in [5, 5.41) is -0.0118. The molecule has 0 aliphatic heterocycles. The van der Waals surface area contributed by atoms with Crippen LogP contribution in [0.3, 0.4) is 0 Å². The fraction of sp³-hybridized carbons (Fsp3) is 0.875. The lowest BCUT2D eigenvalue weighted by atomic mass is 10.5. The van der Waals surface area contributed by atoms with E-state index in [1.165, 1.54) is 0 Å². The molecule has 24 heavy (non-hydrogen) atoms. The summed E-state index contributed by atoms with van der Waals surface area (Å²) in [5.41, 5.74) is 0. The highest BCUT2D eigenvalue weighted by Gasteiger charge is 2.47. The van der Waals surface area contributed by atoms with Crippen LogP contribution in [0.5, 0.6) is 0 Å². The van der Waals surface area contributed by atoms with Crippen LogP contribution >= 0.6 is 15.2 Å². The second-order valence-corrected chi connectivity index (χ2v) is 10.7. The predicted molar refractivity (Wildman–Crippen MR) is 98.5 cm³/mol. The molecule has 0 atom stereocenters. The highest BCUT2D eigenvalue weighted by molar-refractivity contribution is 7.78. The Morgan fingerprint density at radius 1 is 0.708 bits per heavy atom. The van der Waals surface area contributed by atoms with Crippen molar-refractivity contribution in [3.05, 3.63) is 11.1 Å². The number of rotatable bonds is 11. The molecule has 0 aliphatic rings. The Hall–Kier alpha value is 0.0400. The Kier molecular flexibility index (Phi) is 10.3. The maximum atomic E-state index is 13.5. The van der Waals surface area contributed by atoms with E-state index in [0.29, 0.717) is 6.42 Å². The first-order valence-electron chi connectivity index (χ1n) is 8.51. The van der Waals surface area contributed by atoms with Gasteiger partial charge in [0.05, 0.1) is 24.4 Å². The van der Waals surface area contributed by atoms with E-state index in [0.717, 1.165) is 0 Å². The predicted octanol–water partition coefficient (Wildman–Crippen LogP) is 6.32. The van der Waals surface area contributed by atoms with E-state index < -0.39 is 15.2 Å². The van der Waals surface area contributed by atoms with Crippen molar-refractivity contribution >= 4 is 15.2 Å². The zero-order valence-electron chi connectivity index (χ0n) is 16.4. The molecular formula is C16H34O6P2. The molecule has 0 amide bonds. The summed E-state index contributed by atoms with van der Waals surface area (Å²) in [5.74, 6) is 0. The zero-order valence-corrected chi connectivity index (χ0v) is 18.2. The number of allylic oxidation sites excluding steroid dienone is 1. The maximum absolute atomic E-state index is 13.5. The molecule has 0 fully saturated rings. The molecule has 6 nitrogen and oxygen atoms in total. The molecule has 0 N–H and O–H groups in total. The molecule has 0 heterocycles. The highest BCUT2D eigenvalue weighted by Crippen LogP contribution is 2.75. The fourth-order valence-corrected chi connectivity index (χ4v) is 7.26. The van der Waals surface area contributed by atoms with Gasteiger partial charge >= 0.3 is 15.2 Å². The normalized spacial score (nSPS) is 13.4. The third-order valence-electron chi connectivity index (χ3n) is 2.35. The van der Waals surface area contributed by atoms with Crippen LogP contribution < -0.4 is 0 Å². The van der Waals surface area contributed by atoms with Crippen molar-refractivity contribution in [3.8, 4) is 0 Å². The Morgan fingerprint density at radius 2 is 0.958 bits per heavy atom. The van der Waals surface area contributed by atoms with Gasteiger partial charge in [0.25, 0.3) is 0 Å². The van der Waals surface area contributed by atoms with E-state index in [9.17, 15) is 9.13 Å². The third-order valence-corrected chi connectivity index (χ3v) is 8.10. The molecule has 0 saturated carbocycles. The topological polar surface area (TPSA) is 71.1 Å². The summed E-state index contributed by atoms with van der Waals surface area (Å²) >= 11 is 0. The van der Waals surface area contributed by atoms with Crippen molar-refractivity contribution < 1.29 is 27.2 Å². The molecule has 0 saturated heterocycles. The van der Waals surface area contributed by atoms with E-state index in [2.05, 4.69) is 0 Å². The fourth-order valence-electron chi connectivity index (χ4n) is 1.93. The monoisotopic (exact) mass is 384 g/mol. The Balaban J connectivity index is 6.19. The van der Waals surface area contributed by atoms with Gasteiger partial charge < -0.3 is 18.1 Å². The van der Waals surface area contributed by atoms with Crippen molar-refractivity contribution in [2.45, 2.75) is 93.2 Å². The minimum absolute atomic E-state index is 0.0118. The van der Waals surface area contributed by atoms with Crippen molar-refractivity contribution in [1.29, 1.82) is 0 Å². The average molecular weight is 384 g/mol. The van der Waals surface area contributed by atoms with Crippen molar-refractivity contribution in [2.75, 3.05) is 0 Å². The molecule has 0 rings (SSSR count). The van der Waals surface area contributed by atoms with Gasteiger partial charge in [-0.1, -0.05) is 13.0 Å². The van der Waals surface area contributed by atoms with Gasteiger partial charge in [0, 0.05) is 0 Å². The van der Waals surface area contributed by atoms with Crippen LogP contribution in [-0.2, 0) is 27.2 Å². The number of hydrogen-bond acceptors (Lipinski definition) is 6. The molecule has 0 aliphatic carbocycles. The lowest BCUT2D eigenvalue weighted by Gasteiger charge is -2.30. The Morgan fingerprint density at radius 3 is 1.12 bits per heavy atom. The standard InChI is InChI=1S/C16H34O6P2/c1-10-11-16(23(17,19-12(2)3)20-13(4)5)24(18,21-14(6)7)22-15(8)9/h11-15H,10H2,1-9H3. The minimum Gasteiger partial charge on any atom is -0.302 e. The molecule has 0 unspecified atom stereocenters. The third kappa shape index (κ3) is 7.95. The molecule has 0 bridgehead atoms. The van der Waals surface area contributed by atoms with Crippen molar-refractivity contribution in [1.82, 2.24) is 0 Å². The summed E-state index contributed by atoms with van der Waals surface area (Å²) < 4.78 is 49.4. The minimum atomic E-state index is -3.84. The van der Waals surface area contributed by atoms with Gasteiger partial charge in [-0.05, 0) is 61.8 Å². The first-order chi connectivity index (χ1) is 10.9. The molecule has 0 aromatic rings. The van der Waals surface area contributed by atoms with E-state index in [4.69, 9.17) is 18.1 Å². The number of hydrogen-bond donors (Lipinski definition) is 0. The summed E-state index contributed by atoms with van der Waals surface area (Å²) in [6.45, 7) is 15.8. The van der Waals surface area contributed by atoms with Gasteiger partial charge in [-0.25, -0.2) is 0 Å². The first-order valence-corrected chi connectivity index (χ1v) is 11.6. The van der Waals surface area contributed by atoms with Crippen LogP contribution in [0, 0.1) is 0 Å². The molecule has 0 spiro atoms. The van der Waals surface area contributed by atoms with Crippen LogP contribution in [0.1, 0.15) is 68.7 Å². The van der Waals surface area contributed by atoms with Gasteiger partial charge in [0.1, 0.15) is 5.06 Å². The maximum Gasteiger partial charge on any atom is 0.369 e. The van der Waals surface area contributed by atoms with E-state index in [-0.39, 0.29) is 29.5 Å². The average Bonchev–Trinajstić information content (AvgIpc) is 2.30.